The van der Waals surface area contributed by atoms with Crippen molar-refractivity contribution in [3.63, 3.8) is 0 Å². The molecule has 1 fully saturated rings. The number of imidazole rings is 1. The number of hydrazone groups is 1. The molecule has 2 aromatic heterocycles. The molecule has 0 N–H and O–H groups in total. The number of hydrogen-bond acceptors (Lipinski definition) is 6. The third kappa shape index (κ3) is 3.40. The van der Waals surface area contributed by atoms with Gasteiger partial charge in [-0.05, 0) is 46.7 Å². The molecule has 4 rings (SSSR count). The predicted octanol–water partition coefficient (Wildman–Crippen LogP) is 1.72. The fourth-order valence-electron chi connectivity index (χ4n) is 4.36. The summed E-state index contributed by atoms with van der Waals surface area (Å²) in [7, 11) is 1.66. The number of aryl methyl sites for hydroxylation is 1. The van der Waals surface area contributed by atoms with Gasteiger partial charge in [0.1, 0.15) is 0 Å². The first-order chi connectivity index (χ1) is 14.3. The quantitative estimate of drug-likeness (QED) is 0.697. The fourth-order valence-corrected chi connectivity index (χ4v) is 4.36. The molecule has 4 heterocycles. The van der Waals surface area contributed by atoms with Gasteiger partial charge in [-0.1, -0.05) is 18.6 Å². The molecule has 0 radical (unpaired) electrons. The summed E-state index contributed by atoms with van der Waals surface area (Å²) in [4.78, 5) is 33.3. The van der Waals surface area contributed by atoms with E-state index in [0.29, 0.717) is 23.7 Å². The lowest BCUT2D eigenvalue weighted by molar-refractivity contribution is 0.233. The van der Waals surface area contributed by atoms with E-state index in [1.165, 1.54) is 28.4 Å². The molecule has 0 aromatic carbocycles. The van der Waals surface area contributed by atoms with Gasteiger partial charge in [0.2, 0.25) is 5.95 Å². The molecule has 2 aliphatic heterocycles. The Morgan fingerprint density at radius 2 is 1.87 bits per heavy atom. The topological polar surface area (TPSA) is 80.7 Å². The Morgan fingerprint density at radius 1 is 1.17 bits per heavy atom. The Balaban J connectivity index is 1.81. The van der Waals surface area contributed by atoms with E-state index in [1.54, 1.807) is 7.05 Å². The van der Waals surface area contributed by atoms with Crippen LogP contribution in [-0.4, -0.2) is 55.5 Å². The zero-order chi connectivity index (χ0) is 21.6. The summed E-state index contributed by atoms with van der Waals surface area (Å²) >= 11 is 0. The molecular formula is C21H31N7O2. The van der Waals surface area contributed by atoms with Crippen molar-refractivity contribution in [1.82, 2.24) is 23.6 Å². The molecule has 30 heavy (non-hydrogen) atoms. The average molecular weight is 414 g/mol. The van der Waals surface area contributed by atoms with Crippen molar-refractivity contribution < 1.29 is 0 Å². The highest BCUT2D eigenvalue weighted by Gasteiger charge is 2.30. The maximum Gasteiger partial charge on any atom is 0.332 e. The molecular weight excluding hydrogens is 382 g/mol. The Morgan fingerprint density at radius 3 is 2.53 bits per heavy atom. The van der Waals surface area contributed by atoms with Crippen LogP contribution < -0.4 is 16.3 Å². The molecule has 1 unspecified atom stereocenters. The Hall–Kier alpha value is -2.68. The highest BCUT2D eigenvalue weighted by molar-refractivity contribution is 5.91. The number of rotatable bonds is 5. The third-order valence-electron chi connectivity index (χ3n) is 6.16. The second-order valence-electron chi connectivity index (χ2n) is 8.59. The summed E-state index contributed by atoms with van der Waals surface area (Å²) in [6, 6.07) is -0.111. The van der Waals surface area contributed by atoms with Crippen molar-refractivity contribution >= 4 is 22.8 Å². The zero-order valence-electron chi connectivity index (χ0n) is 18.4. The van der Waals surface area contributed by atoms with Gasteiger partial charge in [-0.3, -0.25) is 18.5 Å². The molecule has 9 heteroatoms. The molecule has 0 spiro atoms. The maximum absolute atomic E-state index is 13.3. The number of anilines is 1. The smallest absolute Gasteiger partial charge is 0.301 e. The van der Waals surface area contributed by atoms with Gasteiger partial charge in [-0.2, -0.15) is 10.1 Å². The van der Waals surface area contributed by atoms with E-state index in [2.05, 4.69) is 11.5 Å². The van der Waals surface area contributed by atoms with Gasteiger partial charge in [-0.15, -0.1) is 0 Å². The van der Waals surface area contributed by atoms with Gasteiger partial charge in [-0.25, -0.2) is 9.80 Å². The van der Waals surface area contributed by atoms with E-state index in [4.69, 9.17) is 10.1 Å². The summed E-state index contributed by atoms with van der Waals surface area (Å²) in [6.07, 6.45) is 3.78. The van der Waals surface area contributed by atoms with Gasteiger partial charge in [0.15, 0.2) is 11.2 Å². The first kappa shape index (κ1) is 20.6. The second-order valence-corrected chi connectivity index (χ2v) is 8.59. The van der Waals surface area contributed by atoms with E-state index < -0.39 is 0 Å². The van der Waals surface area contributed by atoms with Gasteiger partial charge < -0.3 is 4.90 Å². The van der Waals surface area contributed by atoms with E-state index in [-0.39, 0.29) is 23.8 Å². The van der Waals surface area contributed by atoms with Crippen LogP contribution in [0.25, 0.3) is 11.2 Å². The molecule has 0 aliphatic carbocycles. The minimum atomic E-state index is -0.379. The van der Waals surface area contributed by atoms with E-state index >= 15 is 0 Å². The van der Waals surface area contributed by atoms with Gasteiger partial charge in [0, 0.05) is 13.6 Å². The molecule has 0 bridgehead atoms. The summed E-state index contributed by atoms with van der Waals surface area (Å²) in [5, 5.41) is 6.65. The lowest BCUT2D eigenvalue weighted by Gasteiger charge is -2.32. The van der Waals surface area contributed by atoms with Crippen molar-refractivity contribution in [3.8, 4) is 0 Å². The van der Waals surface area contributed by atoms with Gasteiger partial charge >= 0.3 is 5.69 Å². The number of aromatic nitrogens is 4. The van der Waals surface area contributed by atoms with Crippen LogP contribution in [0.2, 0.25) is 0 Å². The molecule has 2 aliphatic rings. The largest absolute Gasteiger partial charge is 0.332 e. The number of fused-ring (bicyclic) bond motifs is 3. The van der Waals surface area contributed by atoms with E-state index in [0.717, 1.165) is 30.9 Å². The summed E-state index contributed by atoms with van der Waals surface area (Å²) in [5.41, 5.74) is 1.81. The van der Waals surface area contributed by atoms with Crippen LogP contribution in [0, 0.1) is 0 Å². The standard InChI is InChI=1S/C21H31N7O2/c1-14(2)13-26-19(29)17-18(24(5)21(26)30)22-20-27(23-15(3)16(4)28(17)20)12-11-25-9-7-6-8-10-25/h16H,1,6-13H2,2-5H3. The summed E-state index contributed by atoms with van der Waals surface area (Å²) < 4.78 is 4.63. The first-order valence-corrected chi connectivity index (χ1v) is 10.7. The summed E-state index contributed by atoms with van der Waals surface area (Å²) in [5.74, 6) is 0.625. The monoisotopic (exact) mass is 413 g/mol. The highest BCUT2D eigenvalue weighted by Crippen LogP contribution is 2.29. The Kier molecular flexibility index (Phi) is 5.40. The minimum Gasteiger partial charge on any atom is -0.301 e. The highest BCUT2D eigenvalue weighted by atomic mass is 16.2. The molecule has 1 atom stereocenters. The molecule has 162 valence electrons. The summed E-state index contributed by atoms with van der Waals surface area (Å²) in [6.45, 7) is 13.7. The van der Waals surface area contributed by atoms with Crippen LogP contribution in [-0.2, 0) is 13.6 Å². The SMILES string of the molecule is C=C(C)Cn1c(=O)c2c(nc3n2C(C)C(C)=NN3CCN2CCCCC2)n(C)c1=O. The van der Waals surface area contributed by atoms with E-state index in [9.17, 15) is 9.59 Å². The van der Waals surface area contributed by atoms with Crippen LogP contribution in [0.1, 0.15) is 46.1 Å². The number of nitrogens with zero attached hydrogens (tertiary/aromatic N) is 7. The number of piperidine rings is 1. The lowest BCUT2D eigenvalue weighted by Crippen LogP contribution is -2.41. The van der Waals surface area contributed by atoms with Crippen LogP contribution in [0.3, 0.4) is 0 Å². The average Bonchev–Trinajstić information content (AvgIpc) is 3.13. The van der Waals surface area contributed by atoms with Crippen molar-refractivity contribution in [2.24, 2.45) is 12.1 Å². The lowest BCUT2D eigenvalue weighted by atomic mass is 10.1. The second kappa shape index (κ2) is 7.86. The Bertz CT molecular complexity index is 1130. The minimum absolute atomic E-state index is 0.111. The first-order valence-electron chi connectivity index (χ1n) is 10.7. The normalized spacial score (nSPS) is 19.8. The molecule has 0 saturated carbocycles. The van der Waals surface area contributed by atoms with Crippen LogP contribution in [0.5, 0.6) is 0 Å². The zero-order valence-corrected chi connectivity index (χ0v) is 18.4. The van der Waals surface area contributed by atoms with Gasteiger partial charge in [0.25, 0.3) is 5.56 Å². The van der Waals surface area contributed by atoms with Crippen LogP contribution in [0.15, 0.2) is 26.8 Å². The third-order valence-corrected chi connectivity index (χ3v) is 6.16. The molecule has 2 aromatic rings. The van der Waals surface area contributed by atoms with Crippen molar-refractivity contribution in [2.75, 3.05) is 31.2 Å². The van der Waals surface area contributed by atoms with Gasteiger partial charge in [0.05, 0.1) is 24.8 Å². The van der Waals surface area contributed by atoms with E-state index in [1.807, 2.05) is 30.3 Å². The fraction of sp³-hybridized carbons (Fsp3) is 0.619. The van der Waals surface area contributed by atoms with Crippen LogP contribution >= 0.6 is 0 Å². The number of likely N-dealkylation sites (tertiary alicyclic amines) is 1. The molecule has 0 amide bonds. The number of hydrogen-bond donors (Lipinski definition) is 0. The maximum atomic E-state index is 13.3. The predicted molar refractivity (Wildman–Crippen MR) is 120 cm³/mol. The van der Waals surface area contributed by atoms with Crippen molar-refractivity contribution in [2.45, 2.75) is 52.6 Å². The van der Waals surface area contributed by atoms with Crippen molar-refractivity contribution in [1.29, 1.82) is 0 Å². The van der Waals surface area contributed by atoms with Crippen LogP contribution in [0.4, 0.5) is 5.95 Å². The van der Waals surface area contributed by atoms with Crippen molar-refractivity contribution in [3.05, 3.63) is 33.0 Å². The molecule has 1 saturated heterocycles. The Labute approximate surface area is 175 Å². The number of allylic oxidation sites excluding steroid dienone is 1. The molecule has 9 nitrogen and oxygen atoms in total.